The van der Waals surface area contributed by atoms with E-state index in [4.69, 9.17) is 4.42 Å². The molecule has 0 unspecified atom stereocenters. The fourth-order valence-electron chi connectivity index (χ4n) is 1.77. The lowest BCUT2D eigenvalue weighted by molar-refractivity contribution is 0.473. The van der Waals surface area contributed by atoms with Crippen LogP contribution in [0.1, 0.15) is 18.7 Å². The topological polar surface area (TPSA) is 51.0 Å². The molecule has 5 heteroatoms. The van der Waals surface area contributed by atoms with Crippen LogP contribution in [-0.4, -0.2) is 16.7 Å². The zero-order valence-electron chi connectivity index (χ0n) is 9.90. The quantitative estimate of drug-likeness (QED) is 0.922. The van der Waals surface area contributed by atoms with Gasteiger partial charge in [0.15, 0.2) is 0 Å². The maximum Gasteiger partial charge on any atom is 0.248 e. The van der Waals surface area contributed by atoms with Gasteiger partial charge in [0.25, 0.3) is 0 Å². The smallest absolute Gasteiger partial charge is 0.248 e. The molecule has 1 aliphatic carbocycles. The summed E-state index contributed by atoms with van der Waals surface area (Å²) >= 11 is 3.48. The maximum atomic E-state index is 5.64. The van der Waals surface area contributed by atoms with Gasteiger partial charge in [-0.15, -0.1) is 10.2 Å². The Morgan fingerprint density at radius 2 is 2.11 bits per heavy atom. The first-order valence-corrected chi connectivity index (χ1v) is 6.90. The zero-order valence-corrected chi connectivity index (χ0v) is 11.5. The van der Waals surface area contributed by atoms with Crippen LogP contribution in [-0.2, 0) is 6.54 Å². The van der Waals surface area contributed by atoms with E-state index in [1.165, 1.54) is 12.8 Å². The molecule has 1 fully saturated rings. The molecular formula is C13H14BrN3O. The van der Waals surface area contributed by atoms with Crippen LogP contribution in [0.15, 0.2) is 33.2 Å². The van der Waals surface area contributed by atoms with Crippen LogP contribution in [0.4, 0.5) is 0 Å². The highest BCUT2D eigenvalue weighted by atomic mass is 79.9. The number of nitrogens with one attached hydrogen (secondary N) is 1. The van der Waals surface area contributed by atoms with Crippen molar-refractivity contribution in [3.05, 3.63) is 34.6 Å². The lowest BCUT2D eigenvalue weighted by atomic mass is 10.2. The summed E-state index contributed by atoms with van der Waals surface area (Å²) in [6.07, 6.45) is 2.69. The van der Waals surface area contributed by atoms with Gasteiger partial charge in [0, 0.05) is 4.47 Å². The molecule has 0 amide bonds. The highest BCUT2D eigenvalue weighted by Crippen LogP contribution is 2.28. The van der Waals surface area contributed by atoms with E-state index in [-0.39, 0.29) is 0 Å². The van der Waals surface area contributed by atoms with Gasteiger partial charge in [0.1, 0.15) is 0 Å². The number of aromatic nitrogens is 2. The number of nitrogens with zero attached hydrogens (tertiary/aromatic N) is 2. The molecule has 1 saturated carbocycles. The molecule has 1 N–H and O–H groups in total. The summed E-state index contributed by atoms with van der Waals surface area (Å²) in [6.45, 7) is 1.70. The van der Waals surface area contributed by atoms with Crippen molar-refractivity contribution in [2.24, 2.45) is 5.92 Å². The van der Waals surface area contributed by atoms with Crippen molar-refractivity contribution in [3.8, 4) is 11.5 Å². The third-order valence-electron chi connectivity index (χ3n) is 2.98. The Bertz CT molecular complexity index is 537. The summed E-state index contributed by atoms with van der Waals surface area (Å²) in [5, 5.41) is 11.5. The fourth-order valence-corrected chi connectivity index (χ4v) is 2.23. The van der Waals surface area contributed by atoms with Crippen molar-refractivity contribution in [1.82, 2.24) is 15.5 Å². The Labute approximate surface area is 114 Å². The molecular weight excluding hydrogens is 294 g/mol. The van der Waals surface area contributed by atoms with Gasteiger partial charge in [-0.25, -0.2) is 0 Å². The van der Waals surface area contributed by atoms with Crippen LogP contribution in [0, 0.1) is 5.92 Å². The third-order valence-corrected chi connectivity index (χ3v) is 3.67. The van der Waals surface area contributed by atoms with Crippen LogP contribution in [0.25, 0.3) is 11.5 Å². The molecule has 3 rings (SSSR count). The summed E-state index contributed by atoms with van der Waals surface area (Å²) in [5.74, 6) is 2.06. The first kappa shape index (κ1) is 11.9. The molecule has 0 atom stereocenters. The number of hydrogen-bond acceptors (Lipinski definition) is 4. The second kappa shape index (κ2) is 5.20. The van der Waals surface area contributed by atoms with E-state index in [0.717, 1.165) is 22.5 Å². The maximum absolute atomic E-state index is 5.64. The molecule has 4 nitrogen and oxygen atoms in total. The van der Waals surface area contributed by atoms with Crippen LogP contribution >= 0.6 is 15.9 Å². The van der Waals surface area contributed by atoms with Crippen molar-refractivity contribution in [3.63, 3.8) is 0 Å². The normalized spacial score (nSPS) is 14.9. The van der Waals surface area contributed by atoms with Crippen LogP contribution in [0.3, 0.4) is 0 Å². The van der Waals surface area contributed by atoms with E-state index in [9.17, 15) is 0 Å². The minimum absolute atomic E-state index is 0.561. The summed E-state index contributed by atoms with van der Waals surface area (Å²) in [6, 6.07) is 7.83. The molecule has 18 heavy (non-hydrogen) atoms. The predicted molar refractivity (Wildman–Crippen MR) is 71.9 cm³/mol. The van der Waals surface area contributed by atoms with Gasteiger partial charge >= 0.3 is 0 Å². The lowest BCUT2D eigenvalue weighted by Crippen LogP contribution is -2.16. The van der Waals surface area contributed by atoms with Gasteiger partial charge in [0.05, 0.1) is 12.1 Å². The molecule has 1 aromatic heterocycles. The molecule has 0 saturated heterocycles. The van der Waals surface area contributed by atoms with Crippen LogP contribution < -0.4 is 5.32 Å². The van der Waals surface area contributed by atoms with Gasteiger partial charge in [-0.05, 0) is 53.4 Å². The standard InChI is InChI=1S/C13H14BrN3O/c14-11-4-2-1-3-10(11)13-17-16-12(18-13)8-15-7-9-5-6-9/h1-4,9,15H,5-8H2. The monoisotopic (exact) mass is 307 g/mol. The molecule has 1 aliphatic rings. The number of hydrogen-bond donors (Lipinski definition) is 1. The third kappa shape index (κ3) is 2.79. The summed E-state index contributed by atoms with van der Waals surface area (Å²) in [5.41, 5.74) is 0.929. The van der Waals surface area contributed by atoms with Gasteiger partial charge in [0.2, 0.25) is 11.8 Å². The molecule has 1 aromatic carbocycles. The Hall–Kier alpha value is -1.20. The second-order valence-electron chi connectivity index (χ2n) is 4.56. The number of halogens is 1. The van der Waals surface area contributed by atoms with E-state index in [1.54, 1.807) is 0 Å². The zero-order chi connectivity index (χ0) is 12.4. The number of benzene rings is 1. The Kier molecular flexibility index (Phi) is 3.43. The van der Waals surface area contributed by atoms with Crippen molar-refractivity contribution in [2.75, 3.05) is 6.54 Å². The van der Waals surface area contributed by atoms with Crippen LogP contribution in [0.5, 0.6) is 0 Å². The van der Waals surface area contributed by atoms with E-state index >= 15 is 0 Å². The largest absolute Gasteiger partial charge is 0.419 e. The SMILES string of the molecule is Brc1ccccc1-c1nnc(CNCC2CC2)o1. The molecule has 1 heterocycles. The summed E-state index contributed by atoms with van der Waals surface area (Å²) in [7, 11) is 0. The van der Waals surface area contributed by atoms with E-state index in [0.29, 0.717) is 18.3 Å². The van der Waals surface area contributed by atoms with Gasteiger partial charge in [-0.2, -0.15) is 0 Å². The highest BCUT2D eigenvalue weighted by Gasteiger charge is 2.20. The first-order valence-electron chi connectivity index (χ1n) is 6.11. The second-order valence-corrected chi connectivity index (χ2v) is 5.41. The minimum Gasteiger partial charge on any atom is -0.419 e. The molecule has 0 spiro atoms. The number of rotatable bonds is 5. The fraction of sp³-hybridized carbons (Fsp3) is 0.385. The predicted octanol–water partition coefficient (Wildman–Crippen LogP) is 3.00. The molecule has 0 aliphatic heterocycles. The van der Waals surface area contributed by atoms with E-state index in [1.807, 2.05) is 24.3 Å². The Morgan fingerprint density at radius 1 is 1.28 bits per heavy atom. The molecule has 94 valence electrons. The van der Waals surface area contributed by atoms with E-state index in [2.05, 4.69) is 31.4 Å². The van der Waals surface area contributed by atoms with Gasteiger partial charge < -0.3 is 9.73 Å². The Balaban J connectivity index is 1.66. The molecule has 2 aromatic rings. The van der Waals surface area contributed by atoms with Gasteiger partial charge in [-0.3, -0.25) is 0 Å². The molecule has 0 radical (unpaired) electrons. The van der Waals surface area contributed by atoms with Crippen LogP contribution in [0.2, 0.25) is 0 Å². The van der Waals surface area contributed by atoms with Crippen molar-refractivity contribution >= 4 is 15.9 Å². The van der Waals surface area contributed by atoms with Crippen molar-refractivity contribution in [2.45, 2.75) is 19.4 Å². The van der Waals surface area contributed by atoms with Gasteiger partial charge in [-0.1, -0.05) is 12.1 Å². The van der Waals surface area contributed by atoms with E-state index < -0.39 is 0 Å². The first-order chi connectivity index (χ1) is 8.83. The minimum atomic E-state index is 0.561. The highest BCUT2D eigenvalue weighted by molar-refractivity contribution is 9.10. The Morgan fingerprint density at radius 3 is 2.89 bits per heavy atom. The average molecular weight is 308 g/mol. The lowest BCUT2D eigenvalue weighted by Gasteiger charge is -1.99. The average Bonchev–Trinajstić information content (AvgIpc) is 3.08. The summed E-state index contributed by atoms with van der Waals surface area (Å²) in [4.78, 5) is 0. The van der Waals surface area contributed by atoms with Crippen molar-refractivity contribution < 1.29 is 4.42 Å². The molecule has 0 bridgehead atoms. The van der Waals surface area contributed by atoms with Crippen molar-refractivity contribution in [1.29, 1.82) is 0 Å². The summed E-state index contributed by atoms with van der Waals surface area (Å²) < 4.78 is 6.60.